The summed E-state index contributed by atoms with van der Waals surface area (Å²) in [4.78, 5) is 8.97. The number of rotatable bonds is 7. The van der Waals surface area contributed by atoms with E-state index < -0.39 is 0 Å². The lowest BCUT2D eigenvalue weighted by atomic mass is 10.2. The Balaban J connectivity index is 1.63. The summed E-state index contributed by atoms with van der Waals surface area (Å²) in [6.45, 7) is 4.48. The number of nitrogens with zero attached hydrogens (tertiary/aromatic N) is 3. The monoisotopic (exact) mass is 365 g/mol. The van der Waals surface area contributed by atoms with Crippen molar-refractivity contribution in [2.45, 2.75) is 26.6 Å². The van der Waals surface area contributed by atoms with Crippen LogP contribution in [0.3, 0.4) is 0 Å². The SMILES string of the molecule is CCNC(=NCc1cccc(F)c1)NCc1nccn1Cc1ccccc1. The van der Waals surface area contributed by atoms with Crippen LogP contribution in [0.4, 0.5) is 4.39 Å². The molecule has 2 aromatic carbocycles. The smallest absolute Gasteiger partial charge is 0.191 e. The van der Waals surface area contributed by atoms with Crippen molar-refractivity contribution in [2.75, 3.05) is 6.54 Å². The van der Waals surface area contributed by atoms with Gasteiger partial charge in [0.1, 0.15) is 11.6 Å². The predicted octanol–water partition coefficient (Wildman–Crippen LogP) is 3.33. The number of nitrogens with one attached hydrogen (secondary N) is 2. The summed E-state index contributed by atoms with van der Waals surface area (Å²) < 4.78 is 15.4. The molecule has 0 atom stereocenters. The molecule has 0 fully saturated rings. The van der Waals surface area contributed by atoms with E-state index in [-0.39, 0.29) is 5.82 Å². The summed E-state index contributed by atoms with van der Waals surface area (Å²) in [7, 11) is 0. The molecule has 140 valence electrons. The van der Waals surface area contributed by atoms with Crippen LogP contribution in [0, 0.1) is 5.82 Å². The highest BCUT2D eigenvalue weighted by atomic mass is 19.1. The van der Waals surface area contributed by atoms with Gasteiger partial charge in [0.15, 0.2) is 5.96 Å². The molecule has 0 unspecified atom stereocenters. The largest absolute Gasteiger partial charge is 0.357 e. The summed E-state index contributed by atoms with van der Waals surface area (Å²) >= 11 is 0. The molecule has 5 nitrogen and oxygen atoms in total. The van der Waals surface area contributed by atoms with Crippen molar-refractivity contribution >= 4 is 5.96 Å². The second-order valence-corrected chi connectivity index (χ2v) is 6.14. The molecule has 0 amide bonds. The molecule has 3 rings (SSSR count). The molecule has 1 aromatic heterocycles. The summed E-state index contributed by atoms with van der Waals surface area (Å²) in [5, 5.41) is 6.50. The predicted molar refractivity (Wildman–Crippen MR) is 106 cm³/mol. The first kappa shape index (κ1) is 18.6. The Labute approximate surface area is 159 Å². The minimum atomic E-state index is -0.247. The molecule has 27 heavy (non-hydrogen) atoms. The van der Waals surface area contributed by atoms with Crippen LogP contribution in [0.1, 0.15) is 23.9 Å². The van der Waals surface area contributed by atoms with E-state index >= 15 is 0 Å². The molecule has 0 aliphatic carbocycles. The number of guanidine groups is 1. The van der Waals surface area contributed by atoms with Gasteiger partial charge in [0, 0.05) is 25.5 Å². The van der Waals surface area contributed by atoms with Crippen molar-refractivity contribution in [3.8, 4) is 0 Å². The fraction of sp³-hybridized carbons (Fsp3) is 0.238. The van der Waals surface area contributed by atoms with Crippen molar-refractivity contribution in [1.82, 2.24) is 20.2 Å². The van der Waals surface area contributed by atoms with Gasteiger partial charge in [-0.2, -0.15) is 0 Å². The highest BCUT2D eigenvalue weighted by Gasteiger charge is 2.05. The van der Waals surface area contributed by atoms with E-state index in [1.54, 1.807) is 12.3 Å². The fourth-order valence-corrected chi connectivity index (χ4v) is 2.74. The lowest BCUT2D eigenvalue weighted by molar-refractivity contribution is 0.625. The zero-order chi connectivity index (χ0) is 18.9. The number of imidazole rings is 1. The first-order valence-corrected chi connectivity index (χ1v) is 9.05. The summed E-state index contributed by atoms with van der Waals surface area (Å²) in [5.74, 6) is 1.36. The van der Waals surface area contributed by atoms with E-state index in [1.165, 1.54) is 17.7 Å². The standard InChI is InChI=1S/C21H24FN5/c1-2-23-21(25-14-18-9-6-10-19(22)13-18)26-15-20-24-11-12-27(20)16-17-7-4-3-5-8-17/h3-13H,2,14-16H2,1H3,(H2,23,25,26). The third kappa shape index (κ3) is 5.67. The maximum atomic E-state index is 13.3. The number of hydrogen-bond acceptors (Lipinski definition) is 2. The Kier molecular flexibility index (Phi) is 6.57. The minimum absolute atomic E-state index is 0.247. The third-order valence-corrected chi connectivity index (χ3v) is 4.06. The topological polar surface area (TPSA) is 54.2 Å². The highest BCUT2D eigenvalue weighted by molar-refractivity contribution is 5.79. The van der Waals surface area contributed by atoms with E-state index in [9.17, 15) is 4.39 Å². The van der Waals surface area contributed by atoms with Crippen LogP contribution in [0.5, 0.6) is 0 Å². The molecule has 2 N–H and O–H groups in total. The van der Waals surface area contributed by atoms with Crippen LogP contribution in [0.2, 0.25) is 0 Å². The first-order valence-electron chi connectivity index (χ1n) is 9.05. The molecule has 0 saturated carbocycles. The molecule has 0 aliphatic rings. The summed E-state index contributed by atoms with van der Waals surface area (Å²) in [5.41, 5.74) is 2.06. The lowest BCUT2D eigenvalue weighted by Gasteiger charge is -2.13. The van der Waals surface area contributed by atoms with Gasteiger partial charge in [-0.3, -0.25) is 0 Å². The number of benzene rings is 2. The van der Waals surface area contributed by atoms with Crippen LogP contribution in [0.25, 0.3) is 0 Å². The van der Waals surface area contributed by atoms with Gasteiger partial charge in [-0.15, -0.1) is 0 Å². The Morgan fingerprint density at radius 2 is 1.89 bits per heavy atom. The maximum Gasteiger partial charge on any atom is 0.191 e. The molecule has 0 aliphatic heterocycles. The first-order chi connectivity index (χ1) is 13.2. The van der Waals surface area contributed by atoms with E-state index in [4.69, 9.17) is 0 Å². The van der Waals surface area contributed by atoms with E-state index in [2.05, 4.69) is 37.3 Å². The Morgan fingerprint density at radius 1 is 1.07 bits per heavy atom. The molecule has 0 bridgehead atoms. The zero-order valence-corrected chi connectivity index (χ0v) is 15.4. The van der Waals surface area contributed by atoms with E-state index in [0.717, 1.165) is 24.5 Å². The average molecular weight is 365 g/mol. The second kappa shape index (κ2) is 9.52. The van der Waals surface area contributed by atoms with Crippen LogP contribution in [-0.2, 0) is 19.6 Å². The number of aromatic nitrogens is 2. The molecule has 0 spiro atoms. The molecule has 3 aromatic rings. The van der Waals surface area contributed by atoms with Gasteiger partial charge in [-0.05, 0) is 30.2 Å². The van der Waals surface area contributed by atoms with Crippen molar-refractivity contribution in [3.63, 3.8) is 0 Å². The Morgan fingerprint density at radius 3 is 2.67 bits per heavy atom. The van der Waals surface area contributed by atoms with Crippen molar-refractivity contribution in [1.29, 1.82) is 0 Å². The van der Waals surface area contributed by atoms with Crippen molar-refractivity contribution < 1.29 is 4.39 Å². The number of hydrogen-bond donors (Lipinski definition) is 2. The lowest BCUT2D eigenvalue weighted by Crippen LogP contribution is -2.37. The van der Waals surface area contributed by atoms with Gasteiger partial charge < -0.3 is 15.2 Å². The second-order valence-electron chi connectivity index (χ2n) is 6.14. The van der Waals surface area contributed by atoms with Crippen LogP contribution in [0.15, 0.2) is 72.0 Å². The fourth-order valence-electron chi connectivity index (χ4n) is 2.74. The van der Waals surface area contributed by atoms with Gasteiger partial charge >= 0.3 is 0 Å². The van der Waals surface area contributed by atoms with Crippen LogP contribution >= 0.6 is 0 Å². The van der Waals surface area contributed by atoms with Crippen LogP contribution < -0.4 is 10.6 Å². The van der Waals surface area contributed by atoms with Gasteiger partial charge in [0.25, 0.3) is 0 Å². The van der Waals surface area contributed by atoms with Gasteiger partial charge in [-0.25, -0.2) is 14.4 Å². The van der Waals surface area contributed by atoms with Gasteiger partial charge in [0.2, 0.25) is 0 Å². The number of halogens is 1. The summed E-state index contributed by atoms with van der Waals surface area (Å²) in [6.07, 6.45) is 3.78. The van der Waals surface area contributed by atoms with Crippen molar-refractivity contribution in [2.24, 2.45) is 4.99 Å². The minimum Gasteiger partial charge on any atom is -0.357 e. The Hall–Kier alpha value is -3.15. The average Bonchev–Trinajstić information content (AvgIpc) is 3.12. The van der Waals surface area contributed by atoms with Crippen LogP contribution in [-0.4, -0.2) is 22.1 Å². The van der Waals surface area contributed by atoms with E-state index in [1.807, 2.05) is 37.4 Å². The quantitative estimate of drug-likeness (QED) is 0.499. The zero-order valence-electron chi connectivity index (χ0n) is 15.4. The summed E-state index contributed by atoms with van der Waals surface area (Å²) in [6, 6.07) is 16.8. The molecule has 0 radical (unpaired) electrons. The Bertz CT molecular complexity index is 873. The van der Waals surface area contributed by atoms with Gasteiger partial charge in [-0.1, -0.05) is 42.5 Å². The maximum absolute atomic E-state index is 13.3. The molecule has 6 heteroatoms. The third-order valence-electron chi connectivity index (χ3n) is 4.06. The molecular weight excluding hydrogens is 341 g/mol. The number of aliphatic imine (C=N–C) groups is 1. The van der Waals surface area contributed by atoms with Gasteiger partial charge in [0.05, 0.1) is 13.1 Å². The molecule has 1 heterocycles. The molecule has 0 saturated heterocycles. The highest BCUT2D eigenvalue weighted by Crippen LogP contribution is 2.06. The molecular formula is C21H24FN5. The van der Waals surface area contributed by atoms with Crippen molar-refractivity contribution in [3.05, 3.63) is 89.8 Å². The van der Waals surface area contributed by atoms with E-state index in [0.29, 0.717) is 19.0 Å². The normalized spacial score (nSPS) is 11.4.